The summed E-state index contributed by atoms with van der Waals surface area (Å²) >= 11 is 0. The van der Waals surface area contributed by atoms with Crippen LogP contribution in [0.1, 0.15) is 12.5 Å². The van der Waals surface area contributed by atoms with Crippen LogP contribution in [0.15, 0.2) is 72.5 Å². The second kappa shape index (κ2) is 6.46. The molecule has 0 saturated heterocycles. The fraction of sp³-hybridized carbons (Fsp3) is 0.0667. The minimum absolute atomic E-state index is 0.785. The van der Waals surface area contributed by atoms with E-state index in [0.717, 1.165) is 11.3 Å². The Bertz CT molecular complexity index is 418. The molecule has 1 aromatic rings. The average molecular weight is 211 g/mol. The van der Waals surface area contributed by atoms with Crippen LogP contribution >= 0.6 is 0 Å². The van der Waals surface area contributed by atoms with Crippen molar-refractivity contribution in [2.75, 3.05) is 0 Å². The molecule has 0 fully saturated rings. The van der Waals surface area contributed by atoms with Crippen LogP contribution in [-0.2, 0) is 0 Å². The first kappa shape index (κ1) is 12.1. The van der Waals surface area contributed by atoms with E-state index in [1.165, 1.54) is 5.56 Å². The molecule has 0 amide bonds. The normalized spacial score (nSPS) is 13.1. The molecular formula is C15H17N. The van der Waals surface area contributed by atoms with Crippen LogP contribution in [0, 0.1) is 0 Å². The van der Waals surface area contributed by atoms with Crippen molar-refractivity contribution in [2.45, 2.75) is 6.92 Å². The lowest BCUT2D eigenvalue weighted by atomic mass is 10.1. The Morgan fingerprint density at radius 3 is 2.44 bits per heavy atom. The second-order valence-electron chi connectivity index (χ2n) is 3.53. The summed E-state index contributed by atoms with van der Waals surface area (Å²) in [5, 5.41) is 0. The smallest absolute Gasteiger partial charge is 0.00490 e. The van der Waals surface area contributed by atoms with Gasteiger partial charge in [-0.05, 0) is 24.1 Å². The van der Waals surface area contributed by atoms with E-state index in [-0.39, 0.29) is 0 Å². The van der Waals surface area contributed by atoms with Crippen molar-refractivity contribution < 1.29 is 0 Å². The van der Waals surface area contributed by atoms with Crippen LogP contribution in [0.3, 0.4) is 0 Å². The first-order chi connectivity index (χ1) is 7.72. The molecular weight excluding hydrogens is 194 g/mol. The summed E-state index contributed by atoms with van der Waals surface area (Å²) in [6, 6.07) is 10.1. The van der Waals surface area contributed by atoms with Crippen molar-refractivity contribution >= 4 is 6.08 Å². The van der Waals surface area contributed by atoms with Gasteiger partial charge in [-0.1, -0.05) is 61.2 Å². The summed E-state index contributed by atoms with van der Waals surface area (Å²) in [7, 11) is 0. The third-order valence-corrected chi connectivity index (χ3v) is 2.04. The largest absolute Gasteiger partial charge is 0.402 e. The lowest BCUT2D eigenvalue weighted by Gasteiger charge is -1.93. The predicted molar refractivity (Wildman–Crippen MR) is 71.7 cm³/mol. The van der Waals surface area contributed by atoms with E-state index in [2.05, 4.69) is 18.7 Å². The zero-order valence-electron chi connectivity index (χ0n) is 9.56. The molecule has 0 heterocycles. The van der Waals surface area contributed by atoms with Gasteiger partial charge in [0.25, 0.3) is 0 Å². The van der Waals surface area contributed by atoms with Crippen molar-refractivity contribution in [1.82, 2.24) is 0 Å². The molecule has 82 valence electrons. The van der Waals surface area contributed by atoms with Gasteiger partial charge in [0, 0.05) is 5.70 Å². The molecule has 16 heavy (non-hydrogen) atoms. The molecule has 0 aliphatic rings. The maximum Gasteiger partial charge on any atom is 0.00490 e. The van der Waals surface area contributed by atoms with Gasteiger partial charge >= 0.3 is 0 Å². The molecule has 0 spiro atoms. The molecule has 0 radical (unpaired) electrons. The lowest BCUT2D eigenvalue weighted by molar-refractivity contribution is 1.31. The summed E-state index contributed by atoms with van der Waals surface area (Å²) < 4.78 is 0. The number of hydrogen-bond donors (Lipinski definition) is 1. The third-order valence-electron chi connectivity index (χ3n) is 2.04. The van der Waals surface area contributed by atoms with E-state index < -0.39 is 0 Å². The number of rotatable bonds is 4. The molecule has 0 aliphatic heterocycles. The van der Waals surface area contributed by atoms with E-state index >= 15 is 0 Å². The minimum Gasteiger partial charge on any atom is -0.402 e. The van der Waals surface area contributed by atoms with Crippen molar-refractivity contribution in [3.05, 3.63) is 78.0 Å². The zero-order valence-corrected chi connectivity index (χ0v) is 9.56. The van der Waals surface area contributed by atoms with E-state index in [1.807, 2.05) is 49.4 Å². The average Bonchev–Trinajstić information content (AvgIpc) is 2.30. The maximum absolute atomic E-state index is 5.56. The van der Waals surface area contributed by atoms with Gasteiger partial charge in [-0.3, -0.25) is 0 Å². The Kier molecular flexibility index (Phi) is 4.87. The number of allylic oxidation sites excluding steroid dienone is 6. The summed E-state index contributed by atoms with van der Waals surface area (Å²) in [5.74, 6) is 0. The predicted octanol–water partition coefficient (Wildman–Crippen LogP) is 3.67. The van der Waals surface area contributed by atoms with Crippen LogP contribution in [0.25, 0.3) is 6.08 Å². The Balaban J connectivity index is 2.78. The van der Waals surface area contributed by atoms with Gasteiger partial charge < -0.3 is 5.73 Å². The quantitative estimate of drug-likeness (QED) is 0.755. The van der Waals surface area contributed by atoms with Gasteiger partial charge in [0.15, 0.2) is 0 Å². The second-order valence-corrected chi connectivity index (χ2v) is 3.53. The molecule has 0 saturated carbocycles. The van der Waals surface area contributed by atoms with Crippen LogP contribution in [0.4, 0.5) is 0 Å². The minimum atomic E-state index is 0.785. The molecule has 2 N–H and O–H groups in total. The highest BCUT2D eigenvalue weighted by atomic mass is 14.5. The molecule has 0 aromatic heterocycles. The van der Waals surface area contributed by atoms with Gasteiger partial charge in [-0.25, -0.2) is 0 Å². The van der Waals surface area contributed by atoms with E-state index in [9.17, 15) is 0 Å². The van der Waals surface area contributed by atoms with Crippen molar-refractivity contribution in [1.29, 1.82) is 0 Å². The Hall–Kier alpha value is -2.02. The molecule has 1 rings (SSSR count). The Morgan fingerprint density at radius 1 is 1.19 bits per heavy atom. The highest BCUT2D eigenvalue weighted by Gasteiger charge is 1.85. The summed E-state index contributed by atoms with van der Waals surface area (Å²) in [6.07, 6.45) is 9.68. The van der Waals surface area contributed by atoms with Gasteiger partial charge in [0.05, 0.1) is 0 Å². The third kappa shape index (κ3) is 4.47. The topological polar surface area (TPSA) is 26.0 Å². The molecule has 1 heteroatoms. The van der Waals surface area contributed by atoms with E-state index in [1.54, 1.807) is 6.08 Å². The Labute approximate surface area is 97.3 Å². The van der Waals surface area contributed by atoms with Gasteiger partial charge in [0.2, 0.25) is 0 Å². The molecule has 1 aromatic carbocycles. The standard InChI is InChI=1S/C15H17N/c1-3-14(10-9-13(2)16)11-12-15-7-5-4-6-8-15/h3-12H,1,16H2,2H3/b12-11+,13-9+,14-10+. The summed E-state index contributed by atoms with van der Waals surface area (Å²) in [6.45, 7) is 5.62. The Morgan fingerprint density at radius 2 is 1.88 bits per heavy atom. The molecule has 0 aliphatic carbocycles. The fourth-order valence-corrected chi connectivity index (χ4v) is 1.18. The van der Waals surface area contributed by atoms with Crippen LogP contribution in [0.5, 0.6) is 0 Å². The van der Waals surface area contributed by atoms with E-state index in [4.69, 9.17) is 5.73 Å². The van der Waals surface area contributed by atoms with Crippen LogP contribution in [0.2, 0.25) is 0 Å². The molecule has 0 bridgehead atoms. The van der Waals surface area contributed by atoms with Gasteiger partial charge in [-0.2, -0.15) is 0 Å². The highest BCUT2D eigenvalue weighted by Crippen LogP contribution is 2.06. The summed E-state index contributed by atoms with van der Waals surface area (Å²) in [5.41, 5.74) is 8.55. The molecule has 1 nitrogen and oxygen atoms in total. The van der Waals surface area contributed by atoms with E-state index in [0.29, 0.717) is 0 Å². The SMILES string of the molecule is C=CC(/C=C/c1ccccc1)=C\C=C(/C)N. The van der Waals surface area contributed by atoms with Crippen molar-refractivity contribution in [2.24, 2.45) is 5.73 Å². The van der Waals surface area contributed by atoms with Gasteiger partial charge in [0.1, 0.15) is 0 Å². The first-order valence-corrected chi connectivity index (χ1v) is 5.22. The van der Waals surface area contributed by atoms with Crippen molar-refractivity contribution in [3.8, 4) is 0 Å². The summed E-state index contributed by atoms with van der Waals surface area (Å²) in [4.78, 5) is 0. The molecule has 0 atom stereocenters. The number of benzene rings is 1. The monoisotopic (exact) mass is 211 g/mol. The first-order valence-electron chi connectivity index (χ1n) is 5.22. The van der Waals surface area contributed by atoms with Crippen molar-refractivity contribution in [3.63, 3.8) is 0 Å². The maximum atomic E-state index is 5.56. The zero-order chi connectivity index (χ0) is 11.8. The highest BCUT2D eigenvalue weighted by molar-refractivity contribution is 5.54. The number of hydrogen-bond acceptors (Lipinski definition) is 1. The van der Waals surface area contributed by atoms with Gasteiger partial charge in [-0.15, -0.1) is 0 Å². The lowest BCUT2D eigenvalue weighted by Crippen LogP contribution is -1.88. The van der Waals surface area contributed by atoms with Crippen LogP contribution in [-0.4, -0.2) is 0 Å². The fourth-order valence-electron chi connectivity index (χ4n) is 1.18. The molecule has 0 unspecified atom stereocenters. The van der Waals surface area contributed by atoms with Crippen LogP contribution < -0.4 is 5.73 Å². The number of nitrogens with two attached hydrogens (primary N) is 1.